The summed E-state index contributed by atoms with van der Waals surface area (Å²) in [6, 6.07) is 20.0. The van der Waals surface area contributed by atoms with E-state index in [0.717, 1.165) is 10.5 Å². The molecule has 0 bridgehead atoms. The van der Waals surface area contributed by atoms with Gasteiger partial charge in [0, 0.05) is 4.90 Å². The van der Waals surface area contributed by atoms with Crippen LogP contribution in [0.4, 0.5) is 0 Å². The number of carbonyl (C=O) groups excluding carboxylic acids is 1. The average molecular weight is 298 g/mol. The molecule has 0 aliphatic carbocycles. The van der Waals surface area contributed by atoms with Gasteiger partial charge in [-0.2, -0.15) is 0 Å². The van der Waals surface area contributed by atoms with Gasteiger partial charge in [-0.25, -0.2) is 0 Å². The standard InChI is InChI=1S/C18H18O2S/c1-18(2)17(19)16(21-14-11-7-4-8-12-14)15(20-18)13-9-5-3-6-10-13/h3-12,15-16H,1-2H3/t15-,16-/m0/s1. The Morgan fingerprint density at radius 3 is 2.14 bits per heavy atom. The summed E-state index contributed by atoms with van der Waals surface area (Å²) in [7, 11) is 0. The van der Waals surface area contributed by atoms with Crippen molar-refractivity contribution in [3.05, 3.63) is 66.2 Å². The van der Waals surface area contributed by atoms with E-state index in [0.29, 0.717) is 0 Å². The predicted molar refractivity (Wildman–Crippen MR) is 85.4 cm³/mol. The number of carbonyl (C=O) groups is 1. The molecule has 21 heavy (non-hydrogen) atoms. The van der Waals surface area contributed by atoms with Crippen LogP contribution in [0.2, 0.25) is 0 Å². The number of ether oxygens (including phenoxy) is 1. The van der Waals surface area contributed by atoms with Crippen molar-refractivity contribution in [3.63, 3.8) is 0 Å². The predicted octanol–water partition coefficient (Wildman–Crippen LogP) is 4.27. The Bertz CT molecular complexity index is 622. The number of benzene rings is 2. The van der Waals surface area contributed by atoms with Crippen LogP contribution in [0, 0.1) is 0 Å². The van der Waals surface area contributed by atoms with Gasteiger partial charge in [0.25, 0.3) is 0 Å². The van der Waals surface area contributed by atoms with Gasteiger partial charge in [-0.15, -0.1) is 11.8 Å². The molecule has 1 heterocycles. The summed E-state index contributed by atoms with van der Waals surface area (Å²) < 4.78 is 6.06. The smallest absolute Gasteiger partial charge is 0.180 e. The van der Waals surface area contributed by atoms with Gasteiger partial charge in [0.2, 0.25) is 0 Å². The fraction of sp³-hybridized carbons (Fsp3) is 0.278. The van der Waals surface area contributed by atoms with Crippen molar-refractivity contribution in [1.29, 1.82) is 0 Å². The van der Waals surface area contributed by atoms with Crippen LogP contribution < -0.4 is 0 Å². The third-order valence-corrected chi connectivity index (χ3v) is 4.94. The first kappa shape index (κ1) is 14.4. The Balaban J connectivity index is 1.92. The first-order valence-electron chi connectivity index (χ1n) is 7.07. The fourth-order valence-electron chi connectivity index (χ4n) is 2.56. The zero-order valence-electron chi connectivity index (χ0n) is 12.2. The van der Waals surface area contributed by atoms with E-state index in [1.54, 1.807) is 11.8 Å². The summed E-state index contributed by atoms with van der Waals surface area (Å²) in [5.74, 6) is 0.158. The highest BCUT2D eigenvalue weighted by Crippen LogP contribution is 2.45. The van der Waals surface area contributed by atoms with Crippen molar-refractivity contribution in [1.82, 2.24) is 0 Å². The Morgan fingerprint density at radius 2 is 1.52 bits per heavy atom. The number of hydrogen-bond acceptors (Lipinski definition) is 3. The van der Waals surface area contributed by atoms with Crippen LogP contribution in [0.1, 0.15) is 25.5 Å². The highest BCUT2D eigenvalue weighted by molar-refractivity contribution is 8.00. The normalized spacial score (nSPS) is 24.2. The highest BCUT2D eigenvalue weighted by atomic mass is 32.2. The van der Waals surface area contributed by atoms with E-state index in [2.05, 4.69) is 0 Å². The Hall–Kier alpha value is -1.58. The largest absolute Gasteiger partial charge is 0.358 e. The lowest BCUT2D eigenvalue weighted by atomic mass is 10.0. The summed E-state index contributed by atoms with van der Waals surface area (Å²) in [5, 5.41) is -0.204. The van der Waals surface area contributed by atoms with E-state index >= 15 is 0 Å². The van der Waals surface area contributed by atoms with Gasteiger partial charge in [-0.3, -0.25) is 4.79 Å². The van der Waals surface area contributed by atoms with E-state index in [4.69, 9.17) is 4.74 Å². The molecule has 2 aromatic rings. The molecule has 0 spiro atoms. The van der Waals surface area contributed by atoms with Gasteiger partial charge in [0.15, 0.2) is 5.78 Å². The lowest BCUT2D eigenvalue weighted by Crippen LogP contribution is -2.30. The van der Waals surface area contributed by atoms with Crippen LogP contribution in [0.15, 0.2) is 65.6 Å². The number of ketones is 1. The second-order valence-corrected chi connectivity index (χ2v) is 6.89. The van der Waals surface area contributed by atoms with Crippen molar-refractivity contribution in [2.45, 2.75) is 35.7 Å². The van der Waals surface area contributed by atoms with Crippen LogP contribution in [0.5, 0.6) is 0 Å². The number of Topliss-reactive ketones (excluding diaryl/α,β-unsaturated/α-hetero) is 1. The van der Waals surface area contributed by atoms with Crippen molar-refractivity contribution in [2.24, 2.45) is 0 Å². The first-order valence-corrected chi connectivity index (χ1v) is 7.95. The molecule has 1 aliphatic rings. The summed E-state index contributed by atoms with van der Waals surface area (Å²) in [4.78, 5) is 13.8. The van der Waals surface area contributed by atoms with Gasteiger partial charge in [-0.05, 0) is 31.5 Å². The lowest BCUT2D eigenvalue weighted by Gasteiger charge is -2.18. The van der Waals surface area contributed by atoms with Crippen molar-refractivity contribution in [2.75, 3.05) is 0 Å². The molecule has 2 atom stereocenters. The van der Waals surface area contributed by atoms with Crippen LogP contribution in [-0.4, -0.2) is 16.6 Å². The van der Waals surface area contributed by atoms with E-state index < -0.39 is 5.60 Å². The molecule has 0 radical (unpaired) electrons. The van der Waals surface area contributed by atoms with Gasteiger partial charge in [0.05, 0.1) is 0 Å². The number of hydrogen-bond donors (Lipinski definition) is 0. The van der Waals surface area contributed by atoms with E-state index in [-0.39, 0.29) is 17.1 Å². The minimum atomic E-state index is -0.729. The molecule has 2 aromatic carbocycles. The monoisotopic (exact) mass is 298 g/mol. The lowest BCUT2D eigenvalue weighted by molar-refractivity contribution is -0.129. The molecular weight excluding hydrogens is 280 g/mol. The molecule has 0 saturated carbocycles. The molecule has 1 aliphatic heterocycles. The minimum Gasteiger partial charge on any atom is -0.358 e. The van der Waals surface area contributed by atoms with Crippen molar-refractivity contribution >= 4 is 17.5 Å². The zero-order chi connectivity index (χ0) is 14.9. The minimum absolute atomic E-state index is 0.158. The van der Waals surface area contributed by atoms with Gasteiger partial charge in [0.1, 0.15) is 17.0 Å². The van der Waals surface area contributed by atoms with Crippen molar-refractivity contribution in [3.8, 4) is 0 Å². The second kappa shape index (κ2) is 5.66. The second-order valence-electron chi connectivity index (χ2n) is 5.68. The molecule has 3 heteroatoms. The molecule has 1 fully saturated rings. The van der Waals surface area contributed by atoms with E-state index in [1.165, 1.54) is 0 Å². The van der Waals surface area contributed by atoms with Gasteiger partial charge < -0.3 is 4.74 Å². The van der Waals surface area contributed by atoms with Crippen LogP contribution in [0.3, 0.4) is 0 Å². The maximum Gasteiger partial charge on any atom is 0.180 e. The fourth-order valence-corrected chi connectivity index (χ4v) is 3.90. The molecule has 2 nitrogen and oxygen atoms in total. The van der Waals surface area contributed by atoms with E-state index in [1.807, 2.05) is 74.5 Å². The molecule has 0 N–H and O–H groups in total. The quantitative estimate of drug-likeness (QED) is 0.846. The molecule has 0 unspecified atom stereocenters. The van der Waals surface area contributed by atoms with Crippen LogP contribution in [0.25, 0.3) is 0 Å². The number of thioether (sulfide) groups is 1. The van der Waals surface area contributed by atoms with Crippen LogP contribution in [-0.2, 0) is 9.53 Å². The Kier molecular flexibility index (Phi) is 3.87. The summed E-state index contributed by atoms with van der Waals surface area (Å²) >= 11 is 1.59. The molecule has 108 valence electrons. The van der Waals surface area contributed by atoms with Crippen molar-refractivity contribution < 1.29 is 9.53 Å². The molecule has 3 rings (SSSR count). The van der Waals surface area contributed by atoms with E-state index in [9.17, 15) is 4.79 Å². The maximum atomic E-state index is 12.7. The molecule has 1 saturated heterocycles. The summed E-state index contributed by atoms with van der Waals surface area (Å²) in [6.45, 7) is 3.72. The molecular formula is C18H18O2S. The summed E-state index contributed by atoms with van der Waals surface area (Å²) in [6.07, 6.45) is -0.195. The SMILES string of the molecule is CC1(C)O[C@@H](c2ccccc2)[C@H](Sc2ccccc2)C1=O. The summed E-state index contributed by atoms with van der Waals surface area (Å²) in [5.41, 5.74) is 0.331. The third-order valence-electron chi connectivity index (χ3n) is 3.68. The Morgan fingerprint density at radius 1 is 0.952 bits per heavy atom. The molecule has 0 amide bonds. The average Bonchev–Trinajstić information content (AvgIpc) is 2.73. The highest BCUT2D eigenvalue weighted by Gasteiger charge is 2.49. The van der Waals surface area contributed by atoms with Gasteiger partial charge >= 0.3 is 0 Å². The maximum absolute atomic E-state index is 12.7. The molecule has 0 aromatic heterocycles. The first-order chi connectivity index (χ1) is 10.1. The zero-order valence-corrected chi connectivity index (χ0v) is 13.0. The third kappa shape index (κ3) is 2.89. The van der Waals surface area contributed by atoms with Gasteiger partial charge in [-0.1, -0.05) is 48.5 Å². The topological polar surface area (TPSA) is 26.3 Å². The van der Waals surface area contributed by atoms with Crippen LogP contribution >= 0.6 is 11.8 Å². The Labute approximate surface area is 129 Å². The number of rotatable bonds is 3.